The van der Waals surface area contributed by atoms with Crippen molar-refractivity contribution in [1.82, 2.24) is 15.2 Å². The molecule has 3 rings (SSSR count). The number of aromatic nitrogens is 3. The van der Waals surface area contributed by atoms with E-state index in [2.05, 4.69) is 15.2 Å². The van der Waals surface area contributed by atoms with Crippen LogP contribution in [0.4, 0.5) is 0 Å². The van der Waals surface area contributed by atoms with Gasteiger partial charge in [-0.1, -0.05) is 30.0 Å². The van der Waals surface area contributed by atoms with E-state index >= 15 is 0 Å². The van der Waals surface area contributed by atoms with Crippen LogP contribution in [0.3, 0.4) is 0 Å². The Labute approximate surface area is 124 Å². The quantitative estimate of drug-likeness (QED) is 0.576. The van der Waals surface area contributed by atoms with E-state index in [1.807, 2.05) is 24.3 Å². The molecule has 0 aliphatic rings. The van der Waals surface area contributed by atoms with Crippen molar-refractivity contribution < 1.29 is 13.9 Å². The number of benzene rings is 1. The Hall–Kier alpha value is -2.28. The van der Waals surface area contributed by atoms with Crippen LogP contribution in [-0.2, 0) is 10.5 Å². The third kappa shape index (κ3) is 2.78. The summed E-state index contributed by atoms with van der Waals surface area (Å²) < 4.78 is 10.7. The summed E-state index contributed by atoms with van der Waals surface area (Å²) in [6, 6.07) is 7.54. The molecule has 0 aliphatic heterocycles. The Bertz CT molecular complexity index is 752. The molecule has 0 amide bonds. The second-order valence-corrected chi connectivity index (χ2v) is 5.17. The summed E-state index contributed by atoms with van der Waals surface area (Å²) in [4.78, 5) is 16.1. The molecule has 6 nitrogen and oxygen atoms in total. The molecule has 1 N–H and O–H groups in total. The molecule has 0 fully saturated rings. The number of hydrogen-bond acceptors (Lipinski definition) is 6. The predicted octanol–water partition coefficient (Wildman–Crippen LogP) is 3.02. The predicted molar refractivity (Wildman–Crippen MR) is 78.1 cm³/mol. The minimum atomic E-state index is -0.443. The summed E-state index contributed by atoms with van der Waals surface area (Å²) in [5.41, 5.74) is 1.49. The zero-order valence-electron chi connectivity index (χ0n) is 11.3. The Morgan fingerprint density at radius 1 is 1.43 bits per heavy atom. The molecule has 2 aromatic heterocycles. The number of hydrogen-bond donors (Lipinski definition) is 1. The number of nitrogens with one attached hydrogen (secondary N) is 1. The van der Waals surface area contributed by atoms with Crippen LogP contribution in [0.2, 0.25) is 0 Å². The van der Waals surface area contributed by atoms with Crippen molar-refractivity contribution in [3.8, 4) is 0 Å². The fourth-order valence-electron chi connectivity index (χ4n) is 2.01. The number of carbonyl (C=O) groups excluding carboxylic acids is 1. The first kappa shape index (κ1) is 13.7. The van der Waals surface area contributed by atoms with Crippen LogP contribution < -0.4 is 0 Å². The molecule has 1 aromatic carbocycles. The number of fused-ring (bicyclic) bond motifs is 1. The number of rotatable bonds is 5. The first-order valence-electron chi connectivity index (χ1n) is 6.45. The first-order valence-corrected chi connectivity index (χ1v) is 7.44. The molecule has 0 bridgehead atoms. The third-order valence-electron chi connectivity index (χ3n) is 2.91. The number of H-pyrrole nitrogens is 1. The van der Waals surface area contributed by atoms with Crippen molar-refractivity contribution in [1.29, 1.82) is 0 Å². The number of nitrogens with zero attached hydrogens (tertiary/aromatic N) is 2. The lowest BCUT2D eigenvalue weighted by atomic mass is 10.1. The summed E-state index contributed by atoms with van der Waals surface area (Å²) >= 11 is 1.45. The second-order valence-electron chi connectivity index (χ2n) is 4.21. The number of para-hydroxylation sites is 1. The van der Waals surface area contributed by atoms with Crippen LogP contribution in [0.1, 0.15) is 23.0 Å². The van der Waals surface area contributed by atoms with Crippen molar-refractivity contribution in [3.63, 3.8) is 0 Å². The minimum Gasteiger partial charge on any atom is -0.460 e. The number of furan rings is 1. The van der Waals surface area contributed by atoms with Gasteiger partial charge in [-0.2, -0.15) is 5.10 Å². The molecule has 0 atom stereocenters. The number of aromatic amines is 1. The van der Waals surface area contributed by atoms with Crippen LogP contribution in [0, 0.1) is 0 Å². The Morgan fingerprint density at radius 2 is 2.29 bits per heavy atom. The van der Waals surface area contributed by atoms with Gasteiger partial charge in [-0.05, 0) is 13.0 Å². The average molecular weight is 303 g/mol. The van der Waals surface area contributed by atoms with Gasteiger partial charge in [0.15, 0.2) is 5.16 Å². The van der Waals surface area contributed by atoms with E-state index < -0.39 is 5.97 Å². The topological polar surface area (TPSA) is 81.0 Å². The van der Waals surface area contributed by atoms with E-state index in [1.54, 1.807) is 6.92 Å². The molecule has 108 valence electrons. The fourth-order valence-corrected chi connectivity index (χ4v) is 2.81. The van der Waals surface area contributed by atoms with E-state index in [0.717, 1.165) is 10.9 Å². The van der Waals surface area contributed by atoms with Gasteiger partial charge in [0.05, 0.1) is 6.61 Å². The Morgan fingerprint density at radius 3 is 3.05 bits per heavy atom. The SMILES string of the molecule is CCOC(=O)c1oc2ccccc2c1CSc1ncn[nH]1. The lowest BCUT2D eigenvalue weighted by Gasteiger charge is -2.01. The van der Waals surface area contributed by atoms with Crippen LogP contribution >= 0.6 is 11.8 Å². The van der Waals surface area contributed by atoms with Crippen LogP contribution in [0.5, 0.6) is 0 Å². The molecule has 3 aromatic rings. The summed E-state index contributed by atoms with van der Waals surface area (Å²) in [7, 11) is 0. The van der Waals surface area contributed by atoms with Gasteiger partial charge < -0.3 is 9.15 Å². The summed E-state index contributed by atoms with van der Waals surface area (Å²) in [6.45, 7) is 2.08. The highest BCUT2D eigenvalue weighted by Crippen LogP contribution is 2.31. The first-order chi connectivity index (χ1) is 10.3. The molecule has 0 unspecified atom stereocenters. The summed E-state index contributed by atoms with van der Waals surface area (Å²) in [5, 5.41) is 8.18. The molecule has 0 radical (unpaired) electrons. The molecule has 0 aliphatic carbocycles. The van der Waals surface area contributed by atoms with Crippen molar-refractivity contribution in [2.24, 2.45) is 0 Å². The number of esters is 1. The van der Waals surface area contributed by atoms with Crippen molar-refractivity contribution in [2.75, 3.05) is 6.61 Å². The Kier molecular flexibility index (Phi) is 3.92. The number of ether oxygens (including phenoxy) is 1. The minimum absolute atomic E-state index is 0.255. The van der Waals surface area contributed by atoms with Crippen LogP contribution in [0.25, 0.3) is 11.0 Å². The smallest absolute Gasteiger partial charge is 0.374 e. The van der Waals surface area contributed by atoms with E-state index in [9.17, 15) is 4.79 Å². The van der Waals surface area contributed by atoms with E-state index in [-0.39, 0.29) is 5.76 Å². The molecule has 0 saturated heterocycles. The molecule has 0 spiro atoms. The van der Waals surface area contributed by atoms with Gasteiger partial charge >= 0.3 is 5.97 Å². The molecule has 21 heavy (non-hydrogen) atoms. The van der Waals surface area contributed by atoms with Crippen molar-refractivity contribution in [2.45, 2.75) is 17.8 Å². The zero-order chi connectivity index (χ0) is 14.7. The second kappa shape index (κ2) is 6.01. The fraction of sp³-hybridized carbons (Fsp3) is 0.214. The molecule has 7 heteroatoms. The highest BCUT2D eigenvalue weighted by Gasteiger charge is 2.21. The van der Waals surface area contributed by atoms with Crippen molar-refractivity contribution >= 4 is 28.7 Å². The largest absolute Gasteiger partial charge is 0.460 e. The highest BCUT2D eigenvalue weighted by atomic mass is 32.2. The van der Waals surface area contributed by atoms with Gasteiger partial charge in [0.1, 0.15) is 11.9 Å². The number of thioether (sulfide) groups is 1. The normalized spacial score (nSPS) is 10.9. The van der Waals surface area contributed by atoms with E-state index in [0.29, 0.717) is 23.1 Å². The average Bonchev–Trinajstić information content (AvgIpc) is 3.12. The van der Waals surface area contributed by atoms with Gasteiger partial charge in [0.2, 0.25) is 5.76 Å². The van der Waals surface area contributed by atoms with Gasteiger partial charge in [0, 0.05) is 16.7 Å². The molecule has 0 saturated carbocycles. The maximum absolute atomic E-state index is 12.0. The monoisotopic (exact) mass is 303 g/mol. The zero-order valence-corrected chi connectivity index (χ0v) is 12.1. The Balaban J connectivity index is 1.96. The van der Waals surface area contributed by atoms with Crippen molar-refractivity contribution in [3.05, 3.63) is 41.9 Å². The van der Waals surface area contributed by atoms with Crippen LogP contribution in [-0.4, -0.2) is 27.8 Å². The van der Waals surface area contributed by atoms with Gasteiger partial charge in [-0.25, -0.2) is 9.78 Å². The standard InChI is InChI=1S/C14H13N3O3S/c1-2-19-13(18)12-10(7-21-14-15-8-16-17-14)9-5-3-4-6-11(9)20-12/h3-6,8H,2,7H2,1H3,(H,15,16,17). The van der Waals surface area contributed by atoms with E-state index in [1.165, 1.54) is 18.1 Å². The molecular formula is C14H13N3O3S. The summed E-state index contributed by atoms with van der Waals surface area (Å²) in [5.74, 6) is 0.354. The van der Waals surface area contributed by atoms with Gasteiger partial charge in [-0.15, -0.1) is 0 Å². The maximum atomic E-state index is 12.0. The lowest BCUT2D eigenvalue weighted by molar-refractivity contribution is 0.0491. The maximum Gasteiger partial charge on any atom is 0.374 e. The van der Waals surface area contributed by atoms with Gasteiger partial charge in [0.25, 0.3) is 0 Å². The molecular weight excluding hydrogens is 290 g/mol. The number of carbonyl (C=O) groups is 1. The lowest BCUT2D eigenvalue weighted by Crippen LogP contribution is -2.05. The summed E-state index contributed by atoms with van der Waals surface area (Å²) in [6.07, 6.45) is 1.45. The van der Waals surface area contributed by atoms with E-state index in [4.69, 9.17) is 9.15 Å². The van der Waals surface area contributed by atoms with Gasteiger partial charge in [-0.3, -0.25) is 5.10 Å². The van der Waals surface area contributed by atoms with Crippen LogP contribution in [0.15, 0.2) is 40.2 Å². The molecule has 2 heterocycles. The third-order valence-corrected chi connectivity index (χ3v) is 3.81. The highest BCUT2D eigenvalue weighted by molar-refractivity contribution is 7.98.